The fourth-order valence-electron chi connectivity index (χ4n) is 2.84. The molecular formula is C16H17F3N4O. The van der Waals surface area contributed by atoms with Crippen LogP contribution < -0.4 is 0 Å². The van der Waals surface area contributed by atoms with E-state index in [0.717, 1.165) is 18.7 Å². The van der Waals surface area contributed by atoms with Crippen molar-refractivity contribution in [3.05, 3.63) is 29.8 Å². The van der Waals surface area contributed by atoms with Gasteiger partial charge < -0.3 is 0 Å². The number of ketones is 1. The number of nitrogens with zero attached hydrogens (tertiary/aromatic N) is 4. The molecule has 0 N–H and O–H groups in total. The van der Waals surface area contributed by atoms with Gasteiger partial charge >= 0.3 is 6.18 Å². The minimum atomic E-state index is -4.47. The van der Waals surface area contributed by atoms with Crippen LogP contribution in [0.4, 0.5) is 13.2 Å². The maximum atomic E-state index is 12.6. The van der Waals surface area contributed by atoms with Crippen LogP contribution in [0.5, 0.6) is 0 Å². The molecule has 0 bridgehead atoms. The first-order chi connectivity index (χ1) is 11.3. The Kier molecular flexibility index (Phi) is 4.15. The number of hydrogen-bond acceptors (Lipinski definition) is 4. The van der Waals surface area contributed by atoms with Gasteiger partial charge in [0.25, 0.3) is 0 Å². The summed E-state index contributed by atoms with van der Waals surface area (Å²) in [6, 6.07) is 2.28. The minimum absolute atomic E-state index is 0.0172. The largest absolute Gasteiger partial charge is 0.433 e. The third-order valence-electron chi connectivity index (χ3n) is 4.07. The molecule has 1 atom stereocenters. The van der Waals surface area contributed by atoms with Crippen molar-refractivity contribution in [1.82, 2.24) is 19.7 Å². The molecule has 0 amide bonds. The Morgan fingerprint density at radius 3 is 2.54 bits per heavy atom. The third kappa shape index (κ3) is 3.18. The number of aromatic nitrogens is 4. The van der Waals surface area contributed by atoms with Gasteiger partial charge in [-0.25, -0.2) is 9.67 Å². The molecule has 5 nitrogen and oxygen atoms in total. The number of carbonyl (C=O) groups excluding carboxylic acids is 1. The van der Waals surface area contributed by atoms with Gasteiger partial charge in [-0.1, -0.05) is 0 Å². The number of alkyl halides is 3. The van der Waals surface area contributed by atoms with E-state index < -0.39 is 11.9 Å². The molecule has 1 saturated carbocycles. The Hall–Kier alpha value is -2.25. The van der Waals surface area contributed by atoms with Crippen LogP contribution in [0, 0.1) is 0 Å². The van der Waals surface area contributed by atoms with Gasteiger partial charge in [0.1, 0.15) is 17.3 Å². The molecule has 128 valence electrons. The van der Waals surface area contributed by atoms with Crippen molar-refractivity contribution < 1.29 is 18.0 Å². The number of Topliss-reactive ketones (excluding diaryl/α,β-unsaturated/α-hetero) is 1. The third-order valence-corrected chi connectivity index (χ3v) is 4.07. The maximum absolute atomic E-state index is 12.6. The van der Waals surface area contributed by atoms with Crippen LogP contribution in [0.25, 0.3) is 11.4 Å². The number of carbonyl (C=O) groups is 1. The maximum Gasteiger partial charge on any atom is 0.433 e. The van der Waals surface area contributed by atoms with Gasteiger partial charge in [-0.3, -0.25) is 9.78 Å². The molecule has 0 spiro atoms. The van der Waals surface area contributed by atoms with Gasteiger partial charge in [0.05, 0.1) is 0 Å². The zero-order valence-corrected chi connectivity index (χ0v) is 13.3. The molecule has 1 aliphatic rings. The van der Waals surface area contributed by atoms with E-state index in [2.05, 4.69) is 15.1 Å². The van der Waals surface area contributed by atoms with Gasteiger partial charge in [-0.2, -0.15) is 18.3 Å². The highest BCUT2D eigenvalue weighted by Gasteiger charge is 2.33. The summed E-state index contributed by atoms with van der Waals surface area (Å²) < 4.78 is 39.6. The van der Waals surface area contributed by atoms with Gasteiger partial charge in [-0.15, -0.1) is 0 Å². The second-order valence-electron chi connectivity index (χ2n) is 6.24. The van der Waals surface area contributed by atoms with Gasteiger partial charge in [0.15, 0.2) is 5.82 Å². The van der Waals surface area contributed by atoms with Crippen molar-refractivity contribution in [1.29, 1.82) is 0 Å². The van der Waals surface area contributed by atoms with E-state index in [4.69, 9.17) is 0 Å². The summed E-state index contributed by atoms with van der Waals surface area (Å²) in [6.45, 7) is 3.90. The predicted octanol–water partition coefficient (Wildman–Crippen LogP) is 3.78. The first-order valence-corrected chi connectivity index (χ1v) is 7.77. The Labute approximate surface area is 136 Å². The summed E-state index contributed by atoms with van der Waals surface area (Å²) in [4.78, 5) is 19.5. The van der Waals surface area contributed by atoms with Crippen LogP contribution in [-0.2, 0) is 11.0 Å². The van der Waals surface area contributed by atoms with Crippen LogP contribution >= 0.6 is 0 Å². The molecule has 0 saturated heterocycles. The lowest BCUT2D eigenvalue weighted by Crippen LogP contribution is -2.11. The van der Waals surface area contributed by atoms with E-state index in [-0.39, 0.29) is 17.7 Å². The van der Waals surface area contributed by atoms with E-state index in [1.165, 1.54) is 6.07 Å². The van der Waals surface area contributed by atoms with Gasteiger partial charge in [0.2, 0.25) is 0 Å². The fraction of sp³-hybridized carbons (Fsp3) is 0.500. The van der Waals surface area contributed by atoms with E-state index in [1.54, 1.807) is 4.68 Å². The molecule has 1 fully saturated rings. The quantitative estimate of drug-likeness (QED) is 0.854. The minimum Gasteiger partial charge on any atom is -0.300 e. The number of hydrogen-bond donors (Lipinski definition) is 0. The second-order valence-corrected chi connectivity index (χ2v) is 6.24. The van der Waals surface area contributed by atoms with Crippen LogP contribution in [0.15, 0.2) is 18.3 Å². The average molecular weight is 338 g/mol. The van der Waals surface area contributed by atoms with Crippen molar-refractivity contribution in [2.45, 2.75) is 51.2 Å². The lowest BCUT2D eigenvalue weighted by Gasteiger charge is -2.12. The molecule has 2 aromatic rings. The highest BCUT2D eigenvalue weighted by Crippen LogP contribution is 2.34. The second kappa shape index (κ2) is 5.99. The molecule has 24 heavy (non-hydrogen) atoms. The standard InChI is InChI=1S/C16H17F3N4O/c1-9(2)23-15(10-3-5-12(24)7-10)21-14(22-23)11-4-6-13(20-8-11)16(17,18)19/h4,6,8-10H,3,5,7H2,1-2H3/t10-/m1/s1. The summed E-state index contributed by atoms with van der Waals surface area (Å²) in [6.07, 6.45) is -1.64. The predicted molar refractivity (Wildman–Crippen MR) is 80.2 cm³/mol. The van der Waals surface area contributed by atoms with Gasteiger partial charge in [0, 0.05) is 36.6 Å². The zero-order chi connectivity index (χ0) is 17.5. The highest BCUT2D eigenvalue weighted by atomic mass is 19.4. The van der Waals surface area contributed by atoms with Crippen molar-refractivity contribution in [3.8, 4) is 11.4 Å². The molecule has 2 aromatic heterocycles. The van der Waals surface area contributed by atoms with E-state index in [0.29, 0.717) is 30.1 Å². The SMILES string of the molecule is CC(C)n1nc(-c2ccc(C(F)(F)F)nc2)nc1[C@@H]1CCC(=O)C1. The molecule has 8 heteroatoms. The summed E-state index contributed by atoms with van der Waals surface area (Å²) in [5.74, 6) is 1.27. The molecule has 0 aliphatic heterocycles. The number of pyridine rings is 1. The van der Waals surface area contributed by atoms with E-state index >= 15 is 0 Å². The van der Waals surface area contributed by atoms with Gasteiger partial charge in [-0.05, 0) is 32.4 Å². The lowest BCUT2D eigenvalue weighted by atomic mass is 10.1. The lowest BCUT2D eigenvalue weighted by molar-refractivity contribution is -0.141. The summed E-state index contributed by atoms with van der Waals surface area (Å²) >= 11 is 0. The Balaban J connectivity index is 1.95. The molecule has 0 radical (unpaired) electrons. The molecule has 0 aromatic carbocycles. The normalized spacial score (nSPS) is 18.6. The van der Waals surface area contributed by atoms with E-state index in [9.17, 15) is 18.0 Å². The Bertz CT molecular complexity index is 750. The first kappa shape index (κ1) is 16.6. The van der Waals surface area contributed by atoms with Crippen molar-refractivity contribution in [3.63, 3.8) is 0 Å². The highest BCUT2D eigenvalue weighted by molar-refractivity contribution is 5.81. The van der Waals surface area contributed by atoms with Crippen LogP contribution in [0.3, 0.4) is 0 Å². The first-order valence-electron chi connectivity index (χ1n) is 7.77. The van der Waals surface area contributed by atoms with Crippen LogP contribution in [0.2, 0.25) is 0 Å². The topological polar surface area (TPSA) is 60.7 Å². The number of halogens is 3. The van der Waals surface area contributed by atoms with Crippen LogP contribution in [0.1, 0.15) is 56.6 Å². The Morgan fingerprint density at radius 1 is 1.29 bits per heavy atom. The smallest absolute Gasteiger partial charge is 0.300 e. The number of rotatable bonds is 3. The van der Waals surface area contributed by atoms with Crippen molar-refractivity contribution in [2.24, 2.45) is 0 Å². The monoisotopic (exact) mass is 338 g/mol. The molecule has 2 heterocycles. The zero-order valence-electron chi connectivity index (χ0n) is 13.3. The fourth-order valence-corrected chi connectivity index (χ4v) is 2.84. The summed E-state index contributed by atoms with van der Waals surface area (Å²) in [7, 11) is 0. The summed E-state index contributed by atoms with van der Waals surface area (Å²) in [5.41, 5.74) is -0.524. The van der Waals surface area contributed by atoms with E-state index in [1.807, 2.05) is 13.8 Å². The molecular weight excluding hydrogens is 321 g/mol. The molecule has 0 unspecified atom stereocenters. The molecule has 1 aliphatic carbocycles. The Morgan fingerprint density at radius 2 is 2.04 bits per heavy atom. The summed E-state index contributed by atoms with van der Waals surface area (Å²) in [5, 5.41) is 4.41. The molecule has 3 rings (SSSR count). The van der Waals surface area contributed by atoms with Crippen molar-refractivity contribution >= 4 is 5.78 Å². The van der Waals surface area contributed by atoms with Crippen molar-refractivity contribution in [2.75, 3.05) is 0 Å². The average Bonchev–Trinajstić information content (AvgIpc) is 3.12. The van der Waals surface area contributed by atoms with Crippen LogP contribution in [-0.4, -0.2) is 25.5 Å².